The van der Waals surface area contributed by atoms with E-state index in [1.165, 1.54) is 6.92 Å². The van der Waals surface area contributed by atoms with E-state index in [0.29, 0.717) is 11.2 Å². The lowest BCUT2D eigenvalue weighted by molar-refractivity contribution is -0.536. The lowest BCUT2D eigenvalue weighted by atomic mass is 10.0. The van der Waals surface area contributed by atoms with Crippen LogP contribution < -0.4 is 0 Å². The maximum Gasteiger partial charge on any atom is 0.297 e. The zero-order chi connectivity index (χ0) is 20.5. The Labute approximate surface area is 150 Å². The first-order valence-electron chi connectivity index (χ1n) is 7.83. The van der Waals surface area contributed by atoms with Crippen molar-refractivity contribution in [2.45, 2.75) is 49.4 Å². The van der Waals surface area contributed by atoms with Crippen molar-refractivity contribution in [3.05, 3.63) is 28.5 Å². The van der Waals surface area contributed by atoms with Gasteiger partial charge in [0.1, 0.15) is 6.27 Å². The molecule has 0 aliphatic rings. The van der Waals surface area contributed by atoms with E-state index in [-0.39, 0.29) is 16.0 Å². The number of benzene rings is 1. The maximum atomic E-state index is 12.5. The number of rotatable bonds is 7. The Morgan fingerprint density at radius 2 is 1.72 bits per heavy atom. The largest absolute Gasteiger partial charge is 0.623 e. The summed E-state index contributed by atoms with van der Waals surface area (Å²) in [5.74, 6) is 0. The zero-order valence-corrected chi connectivity index (χ0v) is 16.6. The molecule has 0 radical (unpaired) electrons. The Kier molecular flexibility index (Phi) is 5.87. The summed E-state index contributed by atoms with van der Waals surface area (Å²) in [6.45, 7) is 6.21. The molecule has 0 amide bonds. The van der Waals surface area contributed by atoms with Gasteiger partial charge in [-0.25, -0.2) is 4.74 Å². The van der Waals surface area contributed by atoms with Gasteiger partial charge in [-0.15, -0.1) is 0 Å². The van der Waals surface area contributed by atoms with E-state index >= 15 is 0 Å². The molecule has 142 valence electrons. The third-order valence-electron chi connectivity index (χ3n) is 3.95. The van der Waals surface area contributed by atoms with Gasteiger partial charge in [-0.05, 0) is 24.6 Å². The van der Waals surface area contributed by atoms with Crippen LogP contribution in [0.3, 0.4) is 0 Å². The molecule has 1 aromatic carbocycles. The summed E-state index contributed by atoms with van der Waals surface area (Å²) in [4.78, 5) is -0.949. The quantitative estimate of drug-likeness (QED) is 0.228. The highest BCUT2D eigenvalue weighted by atomic mass is 32.2. The lowest BCUT2D eigenvalue weighted by Crippen LogP contribution is -2.32. The van der Waals surface area contributed by atoms with Gasteiger partial charge in [0.05, 0.1) is 24.7 Å². The van der Waals surface area contributed by atoms with Gasteiger partial charge in [-0.3, -0.25) is 8.37 Å². The fraction of sp³-hybridized carbons (Fsp3) is 0.533. The topological polar surface area (TPSA) is 113 Å². The molecule has 0 heterocycles. The van der Waals surface area contributed by atoms with Gasteiger partial charge >= 0.3 is 0 Å². The van der Waals surface area contributed by atoms with Crippen LogP contribution in [-0.2, 0) is 28.6 Å². The van der Waals surface area contributed by atoms with Gasteiger partial charge in [-0.2, -0.15) is 16.8 Å². The van der Waals surface area contributed by atoms with Gasteiger partial charge in [0.25, 0.3) is 20.2 Å². The smallest absolute Gasteiger partial charge is 0.297 e. The Morgan fingerprint density at radius 3 is 2.16 bits per heavy atom. The fourth-order valence-corrected chi connectivity index (χ4v) is 3.92. The Bertz CT molecular complexity index is 935. The minimum Gasteiger partial charge on any atom is -0.623 e. The van der Waals surface area contributed by atoms with Crippen molar-refractivity contribution in [3.63, 3.8) is 0 Å². The van der Waals surface area contributed by atoms with Crippen LogP contribution >= 0.6 is 0 Å². The van der Waals surface area contributed by atoms with Crippen LogP contribution in [0.15, 0.2) is 21.9 Å². The number of hydrogen-bond acceptors (Lipinski definition) is 7. The Balaban J connectivity index is 3.99. The molecule has 0 saturated heterocycles. The molecule has 0 unspecified atom stereocenters. The highest BCUT2D eigenvalue weighted by Gasteiger charge is 2.30. The number of hydrogen-bond donors (Lipinski definition) is 0. The van der Waals surface area contributed by atoms with Gasteiger partial charge < -0.3 is 5.21 Å². The van der Waals surface area contributed by atoms with Crippen LogP contribution in [0.2, 0.25) is 0 Å². The first-order valence-corrected chi connectivity index (χ1v) is 10.1. The second-order valence-corrected chi connectivity index (χ2v) is 9.21. The van der Waals surface area contributed by atoms with Crippen molar-refractivity contribution >= 4 is 26.4 Å². The Hall–Kier alpha value is -1.49. The molecule has 0 fully saturated rings. The molecular formula is C15H23NO7S2. The molecule has 0 aromatic heterocycles. The summed E-state index contributed by atoms with van der Waals surface area (Å²) in [7, 11) is -6.76. The zero-order valence-electron chi connectivity index (χ0n) is 16.0. The molecule has 0 bridgehead atoms. The molecule has 1 aromatic rings. The summed E-state index contributed by atoms with van der Waals surface area (Å²) in [5.41, 5.74) is -1.41. The minimum absolute atomic E-state index is 0.196. The molecular weight excluding hydrogens is 370 g/mol. The summed E-state index contributed by atoms with van der Waals surface area (Å²) < 4.78 is 66.3. The minimum atomic E-state index is -4.41. The van der Waals surface area contributed by atoms with Gasteiger partial charge in [0, 0.05) is 20.3 Å². The number of nitrogens with zero attached hydrogens (tertiary/aromatic N) is 1. The molecule has 0 N–H and O–H groups in total. The molecule has 25 heavy (non-hydrogen) atoms. The molecule has 0 aliphatic heterocycles. The monoisotopic (exact) mass is 394 g/mol. The van der Waals surface area contributed by atoms with Crippen LogP contribution in [0.1, 0.15) is 39.7 Å². The van der Waals surface area contributed by atoms with Crippen molar-refractivity contribution in [1.29, 1.82) is 0 Å². The maximum absolute atomic E-state index is 12.5. The van der Waals surface area contributed by atoms with Crippen LogP contribution in [-0.4, -0.2) is 47.5 Å². The van der Waals surface area contributed by atoms with E-state index in [0.717, 1.165) is 26.4 Å². The van der Waals surface area contributed by atoms with Gasteiger partial charge in [-0.1, -0.05) is 6.92 Å². The van der Waals surface area contributed by atoms with E-state index in [4.69, 9.17) is 1.37 Å². The first kappa shape index (κ1) is 19.8. The lowest BCUT2D eigenvalue weighted by Gasteiger charge is -2.22. The van der Waals surface area contributed by atoms with Gasteiger partial charge in [0.2, 0.25) is 0 Å². The fourth-order valence-electron chi connectivity index (χ4n) is 1.93. The molecule has 0 saturated carbocycles. The van der Waals surface area contributed by atoms with Crippen LogP contribution in [0.4, 0.5) is 0 Å². The highest BCUT2D eigenvalue weighted by molar-refractivity contribution is 7.87. The molecule has 10 heteroatoms. The predicted molar refractivity (Wildman–Crippen MR) is 92.7 cm³/mol. The van der Waals surface area contributed by atoms with E-state index in [1.807, 2.05) is 0 Å². The van der Waals surface area contributed by atoms with Gasteiger partial charge in [0.15, 0.2) is 11.7 Å². The summed E-state index contributed by atoms with van der Waals surface area (Å²) in [6, 6.07) is 2.18. The van der Waals surface area contributed by atoms with Crippen molar-refractivity contribution in [2.75, 3.05) is 14.2 Å². The average molecular weight is 394 g/mol. The Morgan fingerprint density at radius 1 is 1.20 bits per heavy atom. The summed E-state index contributed by atoms with van der Waals surface area (Å²) >= 11 is 0. The molecule has 0 atom stereocenters. The van der Waals surface area contributed by atoms with E-state index in [2.05, 4.69) is 8.37 Å². The van der Waals surface area contributed by atoms with Crippen molar-refractivity contribution in [2.24, 2.45) is 0 Å². The highest BCUT2D eigenvalue weighted by Crippen LogP contribution is 2.28. The normalized spacial score (nSPS) is 14.9. The van der Waals surface area contributed by atoms with Crippen molar-refractivity contribution < 1.29 is 31.3 Å². The molecule has 8 nitrogen and oxygen atoms in total. The second kappa shape index (κ2) is 7.40. The average Bonchev–Trinajstić information content (AvgIpc) is 2.59. The second-order valence-electron chi connectivity index (χ2n) is 5.88. The van der Waals surface area contributed by atoms with E-state index in [9.17, 15) is 22.0 Å². The van der Waals surface area contributed by atoms with Crippen LogP contribution in [0.25, 0.3) is 0 Å². The van der Waals surface area contributed by atoms with Crippen molar-refractivity contribution in [3.8, 4) is 0 Å². The van der Waals surface area contributed by atoms with Crippen LogP contribution in [0.5, 0.6) is 0 Å². The van der Waals surface area contributed by atoms with Crippen LogP contribution in [0, 0.1) is 12.1 Å². The van der Waals surface area contributed by atoms with E-state index in [1.54, 1.807) is 20.8 Å². The van der Waals surface area contributed by atoms with Crippen molar-refractivity contribution in [1.82, 2.24) is 0 Å². The number of hydroxylamine groups is 1. The molecule has 0 spiro atoms. The molecule has 0 aliphatic carbocycles. The third kappa shape index (κ3) is 4.38. The summed E-state index contributed by atoms with van der Waals surface area (Å²) in [6.07, 6.45) is -0.211. The van der Waals surface area contributed by atoms with E-state index < -0.39 is 36.9 Å². The third-order valence-corrected chi connectivity index (χ3v) is 6.84. The summed E-state index contributed by atoms with van der Waals surface area (Å²) in [5, 5.41) is 12.5. The first-order chi connectivity index (χ1) is 11.8. The predicted octanol–water partition coefficient (Wildman–Crippen LogP) is 1.78. The molecule has 1 rings (SSSR count). The standard InChI is InChI=1S/C15H23NO7S2/c1-7-15(3,4)16(17)10-12-8-9-13(24(18,19)22-5)11(2)14(12)25(20,21)23-6/h8-10H,7H2,1-6H3/b16-10-/i10D. The SMILES string of the molecule is [2H]/C(c1ccc(S(=O)(=O)OC)c(C)c1S(=O)(=O)OC)=[N+](/[O-])C(C)(C)CC.